The predicted octanol–water partition coefficient (Wildman–Crippen LogP) is 1.24. The topological polar surface area (TPSA) is 33.1 Å². The van der Waals surface area contributed by atoms with Crippen molar-refractivity contribution in [3.05, 3.63) is 24.0 Å². The van der Waals surface area contributed by atoms with E-state index in [4.69, 9.17) is 5.02 Å². The maximum Gasteiger partial charge on any atom is 0.321 e. The molecule has 0 unspecified atom stereocenters. The van der Waals surface area contributed by atoms with Gasteiger partial charge in [0.15, 0.2) is 0 Å². The van der Waals surface area contributed by atoms with Crippen LogP contribution in [0.15, 0.2) is 18.3 Å². The van der Waals surface area contributed by atoms with E-state index in [0.29, 0.717) is 0 Å². The Balaban J connectivity index is 0.000000561. The summed E-state index contributed by atoms with van der Waals surface area (Å²) in [5.74, 6) is 0. The van der Waals surface area contributed by atoms with Crippen LogP contribution in [0.1, 0.15) is 19.5 Å². The average molecular weight is 165 g/mol. The second-order valence-corrected chi connectivity index (χ2v) is 2.41. The van der Waals surface area contributed by atoms with Crippen molar-refractivity contribution in [2.45, 2.75) is 27.6 Å². The Bertz CT molecular complexity index is 208. The van der Waals surface area contributed by atoms with Crippen molar-refractivity contribution in [2.75, 3.05) is 0 Å². The van der Waals surface area contributed by atoms with Crippen LogP contribution in [0, 0.1) is 6.92 Å². The highest BCUT2D eigenvalue weighted by molar-refractivity contribution is 6.64. The SMILES string of the molecule is CB(O)c1ccc(C)nc1.CC. The minimum atomic E-state index is -0.409. The number of nitrogens with zero attached hydrogens (tertiary/aromatic N) is 1. The summed E-state index contributed by atoms with van der Waals surface area (Å²) in [6, 6.07) is 3.77. The first-order valence-electron chi connectivity index (χ1n) is 4.31. The summed E-state index contributed by atoms with van der Waals surface area (Å²) >= 11 is 0. The molecule has 0 radical (unpaired) electrons. The number of rotatable bonds is 1. The van der Waals surface area contributed by atoms with Gasteiger partial charge in [-0.1, -0.05) is 26.7 Å². The summed E-state index contributed by atoms with van der Waals surface area (Å²) in [5, 5.41) is 9.07. The van der Waals surface area contributed by atoms with Crippen LogP contribution in [-0.2, 0) is 0 Å². The first-order chi connectivity index (χ1) is 5.70. The molecule has 0 spiro atoms. The van der Waals surface area contributed by atoms with Gasteiger partial charge in [0.25, 0.3) is 0 Å². The third-order valence-corrected chi connectivity index (χ3v) is 1.42. The number of pyridine rings is 1. The van der Waals surface area contributed by atoms with Crippen molar-refractivity contribution in [1.82, 2.24) is 4.98 Å². The van der Waals surface area contributed by atoms with E-state index in [2.05, 4.69) is 4.98 Å². The highest BCUT2D eigenvalue weighted by Crippen LogP contribution is 1.87. The van der Waals surface area contributed by atoms with Crippen LogP contribution in [-0.4, -0.2) is 16.9 Å². The van der Waals surface area contributed by atoms with Gasteiger partial charge in [0.2, 0.25) is 0 Å². The Kier molecular flexibility index (Phi) is 5.38. The zero-order valence-corrected chi connectivity index (χ0v) is 8.20. The van der Waals surface area contributed by atoms with E-state index in [1.807, 2.05) is 32.9 Å². The van der Waals surface area contributed by atoms with Gasteiger partial charge in [-0.05, 0) is 18.5 Å². The van der Waals surface area contributed by atoms with Gasteiger partial charge in [-0.2, -0.15) is 0 Å². The Morgan fingerprint density at radius 3 is 2.25 bits per heavy atom. The number of aromatic nitrogens is 1. The van der Waals surface area contributed by atoms with Crippen LogP contribution >= 0.6 is 0 Å². The molecule has 0 aliphatic rings. The second-order valence-electron chi connectivity index (χ2n) is 2.41. The molecule has 0 bridgehead atoms. The third kappa shape index (κ3) is 3.53. The van der Waals surface area contributed by atoms with Crippen LogP contribution in [0.3, 0.4) is 0 Å². The second kappa shape index (κ2) is 5.78. The molecule has 0 amide bonds. The molecule has 0 saturated carbocycles. The van der Waals surface area contributed by atoms with Crippen molar-refractivity contribution >= 4 is 12.4 Å². The summed E-state index contributed by atoms with van der Waals surface area (Å²) in [4.78, 5) is 4.04. The molecule has 1 N–H and O–H groups in total. The summed E-state index contributed by atoms with van der Waals surface area (Å²) < 4.78 is 0. The van der Waals surface area contributed by atoms with E-state index >= 15 is 0 Å². The molecule has 66 valence electrons. The van der Waals surface area contributed by atoms with Gasteiger partial charge in [-0.3, -0.25) is 4.98 Å². The lowest BCUT2D eigenvalue weighted by atomic mass is 9.65. The number of aryl methyl sites for hydroxylation is 1. The van der Waals surface area contributed by atoms with Gasteiger partial charge in [0.1, 0.15) is 0 Å². The van der Waals surface area contributed by atoms with Crippen molar-refractivity contribution in [3.63, 3.8) is 0 Å². The molecule has 0 aliphatic heterocycles. The lowest BCUT2D eigenvalue weighted by Crippen LogP contribution is -2.26. The molecule has 0 aromatic carbocycles. The van der Waals surface area contributed by atoms with Crippen molar-refractivity contribution < 1.29 is 5.02 Å². The molecule has 0 fully saturated rings. The van der Waals surface area contributed by atoms with Crippen LogP contribution in [0.5, 0.6) is 0 Å². The molecular formula is C9H16BNO. The monoisotopic (exact) mass is 165 g/mol. The minimum absolute atomic E-state index is 0.409. The first kappa shape index (κ1) is 11.2. The van der Waals surface area contributed by atoms with Crippen molar-refractivity contribution in [1.29, 1.82) is 0 Å². The molecule has 0 atom stereocenters. The van der Waals surface area contributed by atoms with Gasteiger partial charge < -0.3 is 5.02 Å². The Labute approximate surface area is 74.8 Å². The van der Waals surface area contributed by atoms with E-state index in [9.17, 15) is 0 Å². The summed E-state index contributed by atoms with van der Waals surface area (Å²) in [6.07, 6.45) is 1.69. The zero-order valence-electron chi connectivity index (χ0n) is 8.20. The van der Waals surface area contributed by atoms with Gasteiger partial charge in [0, 0.05) is 11.9 Å². The van der Waals surface area contributed by atoms with Crippen LogP contribution in [0.25, 0.3) is 0 Å². The molecule has 3 heteroatoms. The largest absolute Gasteiger partial charge is 0.446 e. The maximum absolute atomic E-state index is 9.07. The van der Waals surface area contributed by atoms with Gasteiger partial charge in [-0.25, -0.2) is 0 Å². The average Bonchev–Trinajstić information content (AvgIpc) is 2.09. The Morgan fingerprint density at radius 2 is 1.92 bits per heavy atom. The molecular weight excluding hydrogens is 149 g/mol. The Hall–Kier alpha value is -0.825. The highest BCUT2D eigenvalue weighted by atomic mass is 16.2. The fourth-order valence-corrected chi connectivity index (χ4v) is 0.726. The van der Waals surface area contributed by atoms with Crippen molar-refractivity contribution in [2.24, 2.45) is 0 Å². The van der Waals surface area contributed by atoms with Gasteiger partial charge in [0.05, 0.1) is 0 Å². The summed E-state index contributed by atoms with van der Waals surface area (Å²) in [7, 11) is 0. The maximum atomic E-state index is 9.07. The first-order valence-corrected chi connectivity index (χ1v) is 4.31. The van der Waals surface area contributed by atoms with Crippen LogP contribution in [0.4, 0.5) is 0 Å². The minimum Gasteiger partial charge on any atom is -0.446 e. The summed E-state index contributed by atoms with van der Waals surface area (Å²) in [6.45, 7) is 7.24. The van der Waals surface area contributed by atoms with Crippen molar-refractivity contribution in [3.8, 4) is 0 Å². The van der Waals surface area contributed by atoms with E-state index in [1.54, 1.807) is 13.0 Å². The lowest BCUT2D eigenvalue weighted by molar-refractivity contribution is 0.593. The number of hydrogen-bond donors (Lipinski definition) is 1. The fraction of sp³-hybridized carbons (Fsp3) is 0.444. The van der Waals surface area contributed by atoms with E-state index in [1.165, 1.54) is 0 Å². The molecule has 1 aromatic heterocycles. The molecule has 1 aromatic rings. The standard InChI is InChI=1S/C7H10BNO.C2H6/c1-6-3-4-7(5-9-6)8(2)10;1-2/h3-5,10H,1-2H3;1-2H3. The van der Waals surface area contributed by atoms with Gasteiger partial charge in [-0.15, -0.1) is 0 Å². The zero-order chi connectivity index (χ0) is 9.56. The lowest BCUT2D eigenvalue weighted by Gasteiger charge is -1.98. The third-order valence-electron chi connectivity index (χ3n) is 1.42. The smallest absolute Gasteiger partial charge is 0.321 e. The van der Waals surface area contributed by atoms with E-state index in [-0.39, 0.29) is 0 Å². The number of hydrogen-bond acceptors (Lipinski definition) is 2. The predicted molar refractivity (Wildman–Crippen MR) is 53.8 cm³/mol. The molecule has 1 heterocycles. The Morgan fingerprint density at radius 1 is 1.33 bits per heavy atom. The normalized spacial score (nSPS) is 8.42. The molecule has 0 saturated heterocycles. The highest BCUT2D eigenvalue weighted by Gasteiger charge is 2.04. The molecule has 1 rings (SSSR count). The van der Waals surface area contributed by atoms with Crippen LogP contribution < -0.4 is 5.46 Å². The molecule has 0 aliphatic carbocycles. The summed E-state index contributed by atoms with van der Waals surface area (Å²) in [5.41, 5.74) is 1.84. The molecule has 12 heavy (non-hydrogen) atoms. The van der Waals surface area contributed by atoms with Gasteiger partial charge >= 0.3 is 6.92 Å². The fourth-order valence-electron chi connectivity index (χ4n) is 0.726. The van der Waals surface area contributed by atoms with E-state index < -0.39 is 6.92 Å². The quantitative estimate of drug-likeness (QED) is 0.635. The van der Waals surface area contributed by atoms with E-state index in [0.717, 1.165) is 11.2 Å². The molecule has 2 nitrogen and oxygen atoms in total. The van der Waals surface area contributed by atoms with Crippen LogP contribution in [0.2, 0.25) is 6.82 Å².